The van der Waals surface area contributed by atoms with Crippen LogP contribution in [0.3, 0.4) is 0 Å². The Hall–Kier alpha value is -4.65. The maximum Gasteiger partial charge on any atom is 0.341 e. The number of hydrogen-bond donors (Lipinski definition) is 1. The summed E-state index contributed by atoms with van der Waals surface area (Å²) in [6, 6.07) is 13.3. The molecule has 1 N–H and O–H groups in total. The molecule has 0 aromatic heterocycles. The second kappa shape index (κ2) is 14.1. The number of carbonyl (C=O) groups excluding carboxylic acids is 4. The molecule has 1 heterocycles. The minimum Gasteiger partial charge on any atom is -0.481 e. The molecule has 0 amide bonds. The third kappa shape index (κ3) is 8.67. The number of carboxylic acids is 1. The van der Waals surface area contributed by atoms with E-state index in [1.807, 2.05) is 0 Å². The minimum atomic E-state index is -1.45. The molecular weight excluding hydrogens is 544 g/mol. The van der Waals surface area contributed by atoms with Crippen molar-refractivity contribution in [3.8, 4) is 22.6 Å². The first-order chi connectivity index (χ1) is 19.5. The molecule has 220 valence electrons. The quantitative estimate of drug-likeness (QED) is 0.306. The fraction of sp³-hybridized carbons (Fsp3) is 0.393. The summed E-state index contributed by atoms with van der Waals surface area (Å²) < 4.78 is 39.0. The molecule has 2 aromatic carbocycles. The van der Waals surface area contributed by atoms with Gasteiger partial charge in [0.15, 0.2) is 18.8 Å². The molecule has 2 aromatic rings. The number of benzene rings is 2. The Kier molecular flexibility index (Phi) is 10.6. The summed E-state index contributed by atoms with van der Waals surface area (Å²) in [5.74, 6) is -3.67. The van der Waals surface area contributed by atoms with Crippen LogP contribution in [0.5, 0.6) is 11.5 Å². The van der Waals surface area contributed by atoms with Crippen LogP contribution < -0.4 is 9.47 Å². The highest BCUT2D eigenvalue weighted by atomic mass is 16.7. The Bertz CT molecular complexity index is 1270. The lowest BCUT2D eigenvalue weighted by atomic mass is 9.97. The summed E-state index contributed by atoms with van der Waals surface area (Å²) in [5.41, 5.74) is 0.941. The molecule has 0 radical (unpaired) electrons. The smallest absolute Gasteiger partial charge is 0.341 e. The van der Waals surface area contributed by atoms with Gasteiger partial charge in [0.1, 0.15) is 24.2 Å². The van der Waals surface area contributed by atoms with Crippen molar-refractivity contribution in [3.05, 3.63) is 48.5 Å². The summed E-state index contributed by atoms with van der Waals surface area (Å²) in [7, 11) is 0. The number of ether oxygens (including phenoxy) is 7. The van der Waals surface area contributed by atoms with Gasteiger partial charge in [-0.05, 0) is 12.1 Å². The SMILES string of the molecule is CC(=O)OC[C@H]1O[C@H](Oc2ccccc2-c2ccccc2OCC(=O)O)[C@@H](OC(C)=O)[C@@H](OC(C)=O)[C@@H]1OC(C)=O. The molecule has 0 spiro atoms. The van der Waals surface area contributed by atoms with E-state index in [0.717, 1.165) is 20.8 Å². The van der Waals surface area contributed by atoms with Gasteiger partial charge in [0.25, 0.3) is 0 Å². The van der Waals surface area contributed by atoms with Crippen molar-refractivity contribution in [1.82, 2.24) is 0 Å². The van der Waals surface area contributed by atoms with Gasteiger partial charge in [-0.15, -0.1) is 0 Å². The Morgan fingerprint density at radius 3 is 1.78 bits per heavy atom. The standard InChI is InChI=1S/C28H30O13/c1-15(29)35-13-23-25(37-16(2)30)26(38-17(3)31)27(39-18(4)32)28(41-23)40-22-12-8-6-10-20(22)19-9-5-7-11-21(19)36-14-24(33)34/h5-12,23,25-28H,13-14H2,1-4H3,(H,33,34)/t23-,25-,26+,27+,28+/m1/s1. The summed E-state index contributed by atoms with van der Waals surface area (Å²) in [5, 5.41) is 9.07. The van der Waals surface area contributed by atoms with E-state index in [1.54, 1.807) is 48.5 Å². The van der Waals surface area contributed by atoms with Crippen LogP contribution in [0.15, 0.2) is 48.5 Å². The zero-order valence-electron chi connectivity index (χ0n) is 22.8. The number of aliphatic carboxylic acids is 1. The lowest BCUT2D eigenvalue weighted by Crippen LogP contribution is -2.63. The van der Waals surface area contributed by atoms with Gasteiger partial charge in [0.2, 0.25) is 12.4 Å². The van der Waals surface area contributed by atoms with Crippen LogP contribution in [0.1, 0.15) is 27.7 Å². The minimum absolute atomic E-state index is 0.194. The van der Waals surface area contributed by atoms with Crippen LogP contribution in [-0.2, 0) is 47.7 Å². The molecule has 1 aliphatic heterocycles. The zero-order valence-corrected chi connectivity index (χ0v) is 22.8. The third-order valence-corrected chi connectivity index (χ3v) is 5.61. The van der Waals surface area contributed by atoms with Gasteiger partial charge in [0.05, 0.1) is 0 Å². The maximum absolute atomic E-state index is 12.1. The van der Waals surface area contributed by atoms with Crippen LogP contribution in [0.25, 0.3) is 11.1 Å². The zero-order chi connectivity index (χ0) is 30.1. The number of carbonyl (C=O) groups is 5. The molecule has 3 rings (SSSR count). The van der Waals surface area contributed by atoms with E-state index in [1.165, 1.54) is 6.92 Å². The molecule has 0 aliphatic carbocycles. The van der Waals surface area contributed by atoms with Crippen molar-refractivity contribution >= 4 is 29.8 Å². The number of hydrogen-bond acceptors (Lipinski definition) is 12. The monoisotopic (exact) mass is 574 g/mol. The average Bonchev–Trinajstić information content (AvgIpc) is 2.89. The molecule has 13 nitrogen and oxygen atoms in total. The molecule has 1 saturated heterocycles. The van der Waals surface area contributed by atoms with Gasteiger partial charge < -0.3 is 38.3 Å². The van der Waals surface area contributed by atoms with Crippen molar-refractivity contribution in [2.75, 3.05) is 13.2 Å². The van der Waals surface area contributed by atoms with Crippen LogP contribution in [0.2, 0.25) is 0 Å². The van der Waals surface area contributed by atoms with E-state index in [9.17, 15) is 24.0 Å². The maximum atomic E-state index is 12.1. The Morgan fingerprint density at radius 2 is 1.22 bits per heavy atom. The number of rotatable bonds is 11. The van der Waals surface area contributed by atoms with Gasteiger partial charge >= 0.3 is 29.8 Å². The van der Waals surface area contributed by atoms with E-state index >= 15 is 0 Å². The highest BCUT2D eigenvalue weighted by molar-refractivity contribution is 5.76. The first kappa shape index (κ1) is 30.9. The van der Waals surface area contributed by atoms with Crippen molar-refractivity contribution in [1.29, 1.82) is 0 Å². The van der Waals surface area contributed by atoms with Crippen molar-refractivity contribution in [2.45, 2.75) is 58.4 Å². The fourth-order valence-electron chi connectivity index (χ4n) is 4.16. The lowest BCUT2D eigenvalue weighted by Gasteiger charge is -2.44. The van der Waals surface area contributed by atoms with Gasteiger partial charge in [-0.2, -0.15) is 0 Å². The molecule has 0 bridgehead atoms. The normalized spacial score (nSPS) is 21.6. The predicted molar refractivity (Wildman–Crippen MR) is 138 cm³/mol. The number of carboxylic acid groups (broad SMARTS) is 1. The van der Waals surface area contributed by atoms with E-state index in [-0.39, 0.29) is 11.5 Å². The number of esters is 4. The predicted octanol–water partition coefficient (Wildman–Crippen LogP) is 2.28. The summed E-state index contributed by atoms with van der Waals surface area (Å²) >= 11 is 0. The third-order valence-electron chi connectivity index (χ3n) is 5.61. The molecule has 0 unspecified atom stereocenters. The van der Waals surface area contributed by atoms with Gasteiger partial charge in [-0.3, -0.25) is 19.2 Å². The molecule has 13 heteroatoms. The highest BCUT2D eigenvalue weighted by Gasteiger charge is 2.53. The highest BCUT2D eigenvalue weighted by Crippen LogP contribution is 2.38. The molecule has 1 fully saturated rings. The first-order valence-corrected chi connectivity index (χ1v) is 12.5. The van der Waals surface area contributed by atoms with Gasteiger partial charge in [-0.1, -0.05) is 36.4 Å². The van der Waals surface area contributed by atoms with Crippen LogP contribution in [0, 0.1) is 0 Å². The van der Waals surface area contributed by atoms with Crippen LogP contribution in [-0.4, -0.2) is 78.9 Å². The Labute approximate surface area is 235 Å². The van der Waals surface area contributed by atoms with E-state index in [4.69, 9.17) is 38.3 Å². The Balaban J connectivity index is 2.06. The molecule has 0 saturated carbocycles. The summed E-state index contributed by atoms with van der Waals surface area (Å²) in [6.07, 6.45) is -6.81. The van der Waals surface area contributed by atoms with Crippen molar-refractivity contribution in [3.63, 3.8) is 0 Å². The van der Waals surface area contributed by atoms with Crippen molar-refractivity contribution < 1.29 is 62.2 Å². The molecule has 41 heavy (non-hydrogen) atoms. The fourth-order valence-corrected chi connectivity index (χ4v) is 4.16. The first-order valence-electron chi connectivity index (χ1n) is 12.5. The van der Waals surface area contributed by atoms with E-state index < -0.39 is 73.8 Å². The second-order valence-electron chi connectivity index (χ2n) is 8.86. The Morgan fingerprint density at radius 1 is 0.707 bits per heavy atom. The van der Waals surface area contributed by atoms with E-state index in [2.05, 4.69) is 0 Å². The second-order valence-corrected chi connectivity index (χ2v) is 8.86. The largest absolute Gasteiger partial charge is 0.481 e. The van der Waals surface area contributed by atoms with Crippen molar-refractivity contribution in [2.24, 2.45) is 0 Å². The summed E-state index contributed by atoms with van der Waals surface area (Å²) in [4.78, 5) is 58.8. The lowest BCUT2D eigenvalue weighted by molar-refractivity contribution is -0.288. The molecule has 5 atom stereocenters. The summed E-state index contributed by atoms with van der Waals surface area (Å²) in [6.45, 7) is 3.54. The van der Waals surface area contributed by atoms with Crippen LogP contribution in [0.4, 0.5) is 0 Å². The molecule has 1 aliphatic rings. The van der Waals surface area contributed by atoms with Gasteiger partial charge in [-0.25, -0.2) is 4.79 Å². The van der Waals surface area contributed by atoms with Gasteiger partial charge in [0, 0.05) is 38.8 Å². The van der Waals surface area contributed by atoms with Crippen LogP contribution >= 0.6 is 0 Å². The average molecular weight is 575 g/mol. The number of para-hydroxylation sites is 2. The topological polar surface area (TPSA) is 170 Å². The van der Waals surface area contributed by atoms with E-state index in [0.29, 0.717) is 11.1 Å². The molecular formula is C28H30O13.